The fourth-order valence-corrected chi connectivity index (χ4v) is 5.62. The number of rotatable bonds is 42. The topological polar surface area (TPSA) is 112 Å². The summed E-state index contributed by atoms with van der Waals surface area (Å²) < 4.78 is 0. The SMILES string of the molecule is CC/C=C\C/C=C\C/C=C\C/C=C\C/C=C\C/C=C\CCC(=O)O.CC/C=C\C/C=C\C/C=C\C/C=C\C/C=C\CCCC(=O)O.CCCCC/C=C\C/C=C\C/C=C\C/C=C\C/C=C\CCC(=O)O. The van der Waals surface area contributed by atoms with Crippen molar-refractivity contribution in [1.82, 2.24) is 0 Å². The molecule has 3 N–H and O–H groups in total. The average Bonchev–Trinajstić information content (AvgIpc) is 3.34. The number of carboxylic acid groups (broad SMARTS) is 3. The van der Waals surface area contributed by atoms with Gasteiger partial charge in [0.25, 0.3) is 0 Å². The second-order valence-electron chi connectivity index (χ2n) is 16.1. The van der Waals surface area contributed by atoms with Crippen molar-refractivity contribution in [1.29, 1.82) is 0 Å². The minimum atomic E-state index is -0.741. The normalized spacial score (nSPS) is 12.8. The van der Waals surface area contributed by atoms with Gasteiger partial charge in [-0.05, 0) is 135 Å². The standard InChI is InChI=1S/C22H34O2.C22H32O2.C20H30O2/c2*1-2-3-4-5-6-7-8-9-10-11-12-13-14-15-16-17-18-19-20-21-22(23)24;1-2-3-4-5-6-7-8-9-10-11-12-13-14-15-16-17-18-19-20(21)22/h6-7,9-10,12-13,15-16,18-19H,2-5,8,11,14,17,20-21H2,1H3,(H,23,24);3-4,6-7,9-10,12-13,15-16,18-19H,2,5,8,11,14,17,20-21H2,1H3,(H,23,24);3-4,6-7,9-10,12-13,15-16H,2,5,8,11,14,17-19H2,1H3,(H,21,22)/b7-6-,10-9-,13-12-,16-15-,19-18-;4-3-,7-6-,10-9-,13-12-,16-15-,19-18-;4-3-,7-6-,10-9-,13-12-,16-15-. The molecule has 0 saturated heterocycles. The maximum absolute atomic E-state index is 10.3. The van der Waals surface area contributed by atoms with Gasteiger partial charge in [0.2, 0.25) is 0 Å². The molecule has 0 saturated carbocycles. The van der Waals surface area contributed by atoms with E-state index in [4.69, 9.17) is 15.3 Å². The molecule has 0 bridgehead atoms. The number of carbonyl (C=O) groups is 3. The molecule has 0 fully saturated rings. The molecule has 6 nitrogen and oxygen atoms in total. The van der Waals surface area contributed by atoms with Crippen molar-refractivity contribution >= 4 is 17.9 Å². The van der Waals surface area contributed by atoms with Gasteiger partial charge in [0, 0.05) is 19.3 Å². The minimum absolute atomic E-state index is 0.210. The maximum atomic E-state index is 10.3. The first-order chi connectivity index (χ1) is 34.3. The van der Waals surface area contributed by atoms with Crippen LogP contribution in [0.5, 0.6) is 0 Å². The molecule has 0 heterocycles. The molecule has 0 aromatic carbocycles. The predicted molar refractivity (Wildman–Crippen MR) is 306 cm³/mol. The van der Waals surface area contributed by atoms with Crippen LogP contribution in [0.1, 0.15) is 188 Å². The Morgan fingerprint density at radius 3 is 0.657 bits per heavy atom. The Bertz CT molecular complexity index is 1680. The summed E-state index contributed by atoms with van der Waals surface area (Å²) in [5.41, 5.74) is 0. The van der Waals surface area contributed by atoms with E-state index in [1.54, 1.807) is 0 Å². The van der Waals surface area contributed by atoms with Crippen LogP contribution in [0.25, 0.3) is 0 Å². The van der Waals surface area contributed by atoms with E-state index in [0.717, 1.165) is 109 Å². The van der Waals surface area contributed by atoms with Crippen LogP contribution in [0.15, 0.2) is 194 Å². The molecule has 0 unspecified atom stereocenters. The Balaban J connectivity index is -0.000000963. The monoisotopic (exact) mass is 961 g/mol. The number of allylic oxidation sites excluding steroid dienone is 32. The van der Waals surface area contributed by atoms with Crippen LogP contribution in [0.4, 0.5) is 0 Å². The summed E-state index contributed by atoms with van der Waals surface area (Å²) in [6.07, 6.45) is 92.2. The third kappa shape index (κ3) is 76.5. The Morgan fingerprint density at radius 2 is 0.443 bits per heavy atom. The van der Waals surface area contributed by atoms with Gasteiger partial charge in [0.15, 0.2) is 0 Å². The van der Waals surface area contributed by atoms with Gasteiger partial charge in [-0.2, -0.15) is 0 Å². The van der Waals surface area contributed by atoms with Gasteiger partial charge in [-0.3, -0.25) is 14.4 Å². The Hall–Kier alpha value is -5.75. The van der Waals surface area contributed by atoms with Gasteiger partial charge in [-0.15, -0.1) is 0 Å². The molecule has 6 heteroatoms. The lowest BCUT2D eigenvalue weighted by atomic mass is 10.2. The molecule has 0 aliphatic rings. The minimum Gasteiger partial charge on any atom is -0.481 e. The van der Waals surface area contributed by atoms with Crippen molar-refractivity contribution in [3.63, 3.8) is 0 Å². The summed E-state index contributed by atoms with van der Waals surface area (Å²) >= 11 is 0. The summed E-state index contributed by atoms with van der Waals surface area (Å²) in [5, 5.41) is 25.5. The molecule has 0 aliphatic heterocycles. The Morgan fingerprint density at radius 1 is 0.243 bits per heavy atom. The predicted octanol–water partition coefficient (Wildman–Crippen LogP) is 19.3. The molecule has 0 aromatic heterocycles. The van der Waals surface area contributed by atoms with E-state index in [-0.39, 0.29) is 19.3 Å². The molecule has 0 rings (SSSR count). The van der Waals surface area contributed by atoms with Gasteiger partial charge in [-0.1, -0.05) is 228 Å². The van der Waals surface area contributed by atoms with E-state index in [1.807, 2.05) is 24.3 Å². The number of aliphatic carboxylic acids is 3. The lowest BCUT2D eigenvalue weighted by Gasteiger charge is -1.90. The van der Waals surface area contributed by atoms with E-state index in [0.29, 0.717) is 12.8 Å². The highest BCUT2D eigenvalue weighted by Gasteiger charge is 1.93. The summed E-state index contributed by atoms with van der Waals surface area (Å²) in [5.74, 6) is -2.20. The highest BCUT2D eigenvalue weighted by atomic mass is 16.4. The Kier molecular flexibility index (Phi) is 63.9. The van der Waals surface area contributed by atoms with Gasteiger partial charge >= 0.3 is 17.9 Å². The van der Waals surface area contributed by atoms with E-state index in [9.17, 15) is 14.4 Å². The lowest BCUT2D eigenvalue weighted by molar-refractivity contribution is -0.138. The molecule has 388 valence electrons. The molecule has 0 amide bonds. The zero-order chi connectivity index (χ0) is 51.7. The van der Waals surface area contributed by atoms with E-state index >= 15 is 0 Å². The van der Waals surface area contributed by atoms with Gasteiger partial charge in [-0.25, -0.2) is 0 Å². The van der Waals surface area contributed by atoms with Gasteiger partial charge in [0.05, 0.1) is 0 Å². The smallest absolute Gasteiger partial charge is 0.303 e. The van der Waals surface area contributed by atoms with E-state index < -0.39 is 17.9 Å². The highest BCUT2D eigenvalue weighted by molar-refractivity contribution is 5.67. The largest absolute Gasteiger partial charge is 0.481 e. The zero-order valence-electron chi connectivity index (χ0n) is 43.9. The second kappa shape index (κ2) is 65.3. The van der Waals surface area contributed by atoms with Crippen LogP contribution < -0.4 is 0 Å². The lowest BCUT2D eigenvalue weighted by Crippen LogP contribution is -1.92. The van der Waals surface area contributed by atoms with Crippen molar-refractivity contribution in [2.75, 3.05) is 0 Å². The summed E-state index contributed by atoms with van der Waals surface area (Å²) in [7, 11) is 0. The maximum Gasteiger partial charge on any atom is 0.303 e. The van der Waals surface area contributed by atoms with Crippen molar-refractivity contribution in [3.05, 3.63) is 194 Å². The third-order valence-electron chi connectivity index (χ3n) is 9.46. The number of hydrogen-bond donors (Lipinski definition) is 3. The molecular formula is C64H96O6. The van der Waals surface area contributed by atoms with Crippen molar-refractivity contribution in [2.45, 2.75) is 188 Å². The van der Waals surface area contributed by atoms with E-state index in [2.05, 4.69) is 191 Å². The van der Waals surface area contributed by atoms with Crippen LogP contribution >= 0.6 is 0 Å². The molecule has 0 aromatic rings. The number of hydrogen-bond acceptors (Lipinski definition) is 3. The van der Waals surface area contributed by atoms with Crippen LogP contribution in [0.2, 0.25) is 0 Å². The first-order valence-electron chi connectivity index (χ1n) is 26.4. The van der Waals surface area contributed by atoms with Crippen LogP contribution in [-0.2, 0) is 14.4 Å². The average molecular weight is 961 g/mol. The van der Waals surface area contributed by atoms with Crippen LogP contribution in [0, 0.1) is 0 Å². The molecule has 0 aliphatic carbocycles. The quantitative estimate of drug-likeness (QED) is 0.0415. The van der Waals surface area contributed by atoms with Crippen LogP contribution in [-0.4, -0.2) is 33.2 Å². The fourth-order valence-electron chi connectivity index (χ4n) is 5.62. The van der Waals surface area contributed by atoms with Crippen molar-refractivity contribution < 1.29 is 29.7 Å². The molecule has 0 atom stereocenters. The Labute approximate surface area is 428 Å². The summed E-state index contributed by atoms with van der Waals surface area (Å²) in [4.78, 5) is 30.9. The van der Waals surface area contributed by atoms with Gasteiger partial charge < -0.3 is 15.3 Å². The van der Waals surface area contributed by atoms with E-state index in [1.165, 1.54) is 25.7 Å². The number of carboxylic acids is 3. The van der Waals surface area contributed by atoms with Crippen molar-refractivity contribution in [3.8, 4) is 0 Å². The van der Waals surface area contributed by atoms with Gasteiger partial charge in [0.1, 0.15) is 0 Å². The van der Waals surface area contributed by atoms with Crippen molar-refractivity contribution in [2.24, 2.45) is 0 Å². The molecule has 0 radical (unpaired) electrons. The summed E-state index contributed by atoms with van der Waals surface area (Å²) in [6, 6.07) is 0. The van der Waals surface area contributed by atoms with Crippen LogP contribution in [0.3, 0.4) is 0 Å². The zero-order valence-corrected chi connectivity index (χ0v) is 43.9. The second-order valence-corrected chi connectivity index (χ2v) is 16.1. The first kappa shape index (κ1) is 68.5. The first-order valence-corrected chi connectivity index (χ1v) is 26.4. The molecule has 0 spiro atoms. The summed E-state index contributed by atoms with van der Waals surface area (Å²) in [6.45, 7) is 6.53. The molecule has 70 heavy (non-hydrogen) atoms. The number of unbranched alkanes of at least 4 members (excludes halogenated alkanes) is 4. The third-order valence-corrected chi connectivity index (χ3v) is 9.46. The fraction of sp³-hybridized carbons (Fsp3) is 0.453. The highest BCUT2D eigenvalue weighted by Crippen LogP contribution is 2.03. The molecular weight excluding hydrogens is 865 g/mol.